The number of piperidine rings is 1. The van der Waals surface area contributed by atoms with Crippen LogP contribution >= 0.6 is 0 Å². The molecule has 0 spiro atoms. The van der Waals surface area contributed by atoms with E-state index >= 15 is 0 Å². The molecule has 7 nitrogen and oxygen atoms in total. The third kappa shape index (κ3) is 6.37. The highest BCUT2D eigenvalue weighted by Gasteiger charge is 2.41. The lowest BCUT2D eigenvalue weighted by Gasteiger charge is -2.40. The molecule has 1 amide bonds. The quantitative estimate of drug-likeness (QED) is 0.129. The van der Waals surface area contributed by atoms with Crippen molar-refractivity contribution in [3.63, 3.8) is 0 Å². The van der Waals surface area contributed by atoms with Gasteiger partial charge in [0.25, 0.3) is 0 Å². The van der Waals surface area contributed by atoms with E-state index in [2.05, 4.69) is 9.88 Å². The van der Waals surface area contributed by atoms with E-state index in [9.17, 15) is 32.7 Å². The number of rotatable bonds is 11. The van der Waals surface area contributed by atoms with Gasteiger partial charge in [-0.1, -0.05) is 0 Å². The van der Waals surface area contributed by atoms with Gasteiger partial charge in [-0.3, -0.25) is 15.0 Å². The van der Waals surface area contributed by atoms with Crippen LogP contribution in [0.3, 0.4) is 0 Å². The van der Waals surface area contributed by atoms with Crippen LogP contribution in [-0.2, 0) is 17.9 Å². The molecule has 40 heavy (non-hydrogen) atoms. The molecule has 4 rings (SSSR count). The Kier molecular flexibility index (Phi) is 9.60. The standard InChI is InChI=1S/C29H33F4N3O4/c1-40-20-4-5-24-21(15-20)26(19(16-30)17-34-24)25(37)6-7-29(28(38)35-39)8-11-36(12-9-29)10-2-3-18-13-22(31)27(33)23(32)14-18/h4-5,13-15,17,25,37,39H,2-3,6-12,16H2,1H3,(H,35,38)/t25-/m1/s1. The van der Waals surface area contributed by atoms with Crippen molar-refractivity contribution in [2.75, 3.05) is 26.7 Å². The normalized spacial score (nSPS) is 16.2. The van der Waals surface area contributed by atoms with Crippen molar-refractivity contribution in [3.8, 4) is 5.75 Å². The largest absolute Gasteiger partial charge is 0.497 e. The number of aryl methyl sites for hydroxylation is 1. The summed E-state index contributed by atoms with van der Waals surface area (Å²) in [5.41, 5.74) is 2.43. The maximum Gasteiger partial charge on any atom is 0.249 e. The van der Waals surface area contributed by atoms with Gasteiger partial charge in [-0.2, -0.15) is 0 Å². The first-order chi connectivity index (χ1) is 19.2. The molecule has 0 radical (unpaired) electrons. The van der Waals surface area contributed by atoms with Crippen LogP contribution in [0.4, 0.5) is 17.6 Å². The van der Waals surface area contributed by atoms with Gasteiger partial charge >= 0.3 is 0 Å². The lowest BCUT2D eigenvalue weighted by Crippen LogP contribution is -2.48. The summed E-state index contributed by atoms with van der Waals surface area (Å²) in [6.07, 6.45) is 2.48. The number of halogens is 4. The molecular formula is C29H33F4N3O4. The summed E-state index contributed by atoms with van der Waals surface area (Å²) in [5.74, 6) is -3.92. The molecule has 1 aliphatic heterocycles. The van der Waals surface area contributed by atoms with Crippen LogP contribution in [0.25, 0.3) is 10.9 Å². The highest BCUT2D eigenvalue weighted by Crippen LogP contribution is 2.40. The first kappa shape index (κ1) is 29.7. The van der Waals surface area contributed by atoms with Crippen LogP contribution in [-0.4, -0.2) is 52.8 Å². The van der Waals surface area contributed by atoms with Gasteiger partial charge in [-0.25, -0.2) is 23.0 Å². The van der Waals surface area contributed by atoms with Gasteiger partial charge in [0.05, 0.1) is 24.1 Å². The van der Waals surface area contributed by atoms with Gasteiger partial charge in [0.2, 0.25) is 5.91 Å². The van der Waals surface area contributed by atoms with Gasteiger partial charge in [0.15, 0.2) is 17.5 Å². The number of benzene rings is 2. The summed E-state index contributed by atoms with van der Waals surface area (Å²) in [5, 5.41) is 21.3. The molecule has 0 aliphatic carbocycles. The van der Waals surface area contributed by atoms with Crippen molar-refractivity contribution >= 4 is 16.8 Å². The Labute approximate surface area is 229 Å². The molecule has 3 aromatic rings. The number of carbonyl (C=O) groups is 1. The molecule has 1 aliphatic rings. The van der Waals surface area contributed by atoms with E-state index in [4.69, 9.17) is 4.74 Å². The zero-order valence-electron chi connectivity index (χ0n) is 22.2. The first-order valence-corrected chi connectivity index (χ1v) is 13.2. The maximum absolute atomic E-state index is 13.9. The van der Waals surface area contributed by atoms with Crippen molar-refractivity contribution in [3.05, 3.63) is 70.7 Å². The smallest absolute Gasteiger partial charge is 0.249 e. The van der Waals surface area contributed by atoms with Crippen molar-refractivity contribution in [2.24, 2.45) is 5.41 Å². The summed E-state index contributed by atoms with van der Waals surface area (Å²) < 4.78 is 59.3. The number of nitrogens with zero attached hydrogens (tertiary/aromatic N) is 2. The predicted octanol–water partition coefficient (Wildman–Crippen LogP) is 5.16. The van der Waals surface area contributed by atoms with Crippen molar-refractivity contribution < 1.29 is 37.4 Å². The van der Waals surface area contributed by atoms with Crippen LogP contribution in [0.5, 0.6) is 5.75 Å². The second-order valence-corrected chi connectivity index (χ2v) is 10.3. The van der Waals surface area contributed by atoms with Crippen LogP contribution in [0.15, 0.2) is 36.5 Å². The van der Waals surface area contributed by atoms with Crippen molar-refractivity contribution in [1.29, 1.82) is 0 Å². The Hall–Kier alpha value is -3.28. The zero-order chi connectivity index (χ0) is 28.9. The number of nitrogens with one attached hydrogen (secondary N) is 1. The number of hydrogen-bond acceptors (Lipinski definition) is 6. The number of aliphatic hydroxyl groups excluding tert-OH is 1. The number of hydrogen-bond donors (Lipinski definition) is 3. The molecule has 216 valence electrons. The zero-order valence-corrected chi connectivity index (χ0v) is 22.2. The maximum atomic E-state index is 13.9. The Balaban J connectivity index is 1.41. The summed E-state index contributed by atoms with van der Waals surface area (Å²) in [6.45, 7) is 0.841. The number of ether oxygens (including phenoxy) is 1. The second kappa shape index (κ2) is 12.9. The van der Waals surface area contributed by atoms with E-state index in [1.165, 1.54) is 13.3 Å². The van der Waals surface area contributed by atoms with E-state index < -0.39 is 41.6 Å². The molecule has 2 aromatic carbocycles. The van der Waals surface area contributed by atoms with Crippen molar-refractivity contribution in [2.45, 2.75) is 51.3 Å². The molecule has 11 heteroatoms. The number of likely N-dealkylation sites (tertiary alicyclic amines) is 1. The lowest BCUT2D eigenvalue weighted by atomic mass is 9.73. The average molecular weight is 564 g/mol. The van der Waals surface area contributed by atoms with Gasteiger partial charge in [-0.05, 0) is 99.6 Å². The highest BCUT2D eigenvalue weighted by atomic mass is 19.2. The van der Waals surface area contributed by atoms with Crippen LogP contribution in [0.2, 0.25) is 0 Å². The minimum absolute atomic E-state index is 0.151. The van der Waals surface area contributed by atoms with E-state index in [0.717, 1.165) is 12.1 Å². The summed E-state index contributed by atoms with van der Waals surface area (Å²) in [6, 6.07) is 7.14. The van der Waals surface area contributed by atoms with E-state index in [1.54, 1.807) is 23.7 Å². The number of aromatic nitrogens is 1. The van der Waals surface area contributed by atoms with Crippen LogP contribution in [0.1, 0.15) is 54.9 Å². The number of amides is 1. The Bertz CT molecular complexity index is 1320. The van der Waals surface area contributed by atoms with E-state index in [0.29, 0.717) is 73.1 Å². The number of carbonyl (C=O) groups excluding carboxylic acids is 1. The third-order valence-electron chi connectivity index (χ3n) is 7.95. The van der Waals surface area contributed by atoms with Gasteiger partial charge in [-0.15, -0.1) is 0 Å². The number of alkyl halides is 1. The molecule has 1 fully saturated rings. The fraction of sp³-hybridized carbons (Fsp3) is 0.448. The molecule has 0 saturated carbocycles. The minimum atomic E-state index is -1.49. The number of hydroxylamine groups is 1. The Morgan fingerprint density at radius 1 is 1.18 bits per heavy atom. The Morgan fingerprint density at radius 3 is 2.50 bits per heavy atom. The SMILES string of the molecule is COc1ccc2ncc(CF)c([C@H](O)CCC3(C(=O)NO)CCN(CCCc4cc(F)c(F)c(F)c4)CC3)c2c1. The lowest BCUT2D eigenvalue weighted by molar-refractivity contribution is -0.143. The van der Waals surface area contributed by atoms with Gasteiger partial charge in [0.1, 0.15) is 12.4 Å². The molecular weight excluding hydrogens is 530 g/mol. The Morgan fingerprint density at radius 2 is 1.88 bits per heavy atom. The fourth-order valence-corrected chi connectivity index (χ4v) is 5.59. The van der Waals surface area contributed by atoms with Gasteiger partial charge in [0, 0.05) is 17.1 Å². The molecule has 2 heterocycles. The highest BCUT2D eigenvalue weighted by molar-refractivity contribution is 5.85. The summed E-state index contributed by atoms with van der Waals surface area (Å²) in [4.78, 5) is 19.2. The number of methoxy groups -OCH3 is 1. The minimum Gasteiger partial charge on any atom is -0.497 e. The number of fused-ring (bicyclic) bond motifs is 1. The second-order valence-electron chi connectivity index (χ2n) is 10.3. The predicted molar refractivity (Wildman–Crippen MR) is 140 cm³/mol. The molecule has 3 N–H and O–H groups in total. The number of pyridine rings is 1. The molecule has 1 aromatic heterocycles. The first-order valence-electron chi connectivity index (χ1n) is 13.2. The molecule has 0 unspecified atom stereocenters. The van der Waals surface area contributed by atoms with Gasteiger partial charge < -0.3 is 14.7 Å². The summed E-state index contributed by atoms with van der Waals surface area (Å²) in [7, 11) is 1.51. The van der Waals surface area contributed by atoms with Crippen molar-refractivity contribution in [1.82, 2.24) is 15.4 Å². The third-order valence-corrected chi connectivity index (χ3v) is 7.95. The topological polar surface area (TPSA) is 94.9 Å². The monoisotopic (exact) mass is 563 g/mol. The molecule has 1 atom stereocenters. The van der Waals surface area contributed by atoms with Crippen LogP contribution < -0.4 is 10.2 Å². The van der Waals surface area contributed by atoms with E-state index in [1.807, 2.05) is 0 Å². The van der Waals surface area contributed by atoms with E-state index in [-0.39, 0.29) is 18.4 Å². The molecule has 1 saturated heterocycles. The average Bonchev–Trinajstić information content (AvgIpc) is 2.97. The van der Waals surface area contributed by atoms with Crippen LogP contribution in [0, 0.1) is 22.9 Å². The summed E-state index contributed by atoms with van der Waals surface area (Å²) >= 11 is 0. The number of aliphatic hydroxyl groups is 1. The molecule has 0 bridgehead atoms. The fourth-order valence-electron chi connectivity index (χ4n) is 5.59.